The maximum absolute atomic E-state index is 14.5. The topological polar surface area (TPSA) is 356 Å². The minimum atomic E-state index is -1.37. The van der Waals surface area contributed by atoms with Gasteiger partial charge in [-0.25, -0.2) is 4.79 Å². The van der Waals surface area contributed by atoms with Crippen molar-refractivity contribution in [3.63, 3.8) is 0 Å². The molecule has 0 unspecified atom stereocenters. The smallest absolute Gasteiger partial charge is 0.326 e. The van der Waals surface area contributed by atoms with Gasteiger partial charge in [-0.05, 0) is 67.0 Å². The van der Waals surface area contributed by atoms with Gasteiger partial charge < -0.3 is 70.0 Å². The molecule has 4 amide bonds. The van der Waals surface area contributed by atoms with Gasteiger partial charge in [0.1, 0.15) is 24.2 Å². The van der Waals surface area contributed by atoms with Gasteiger partial charge in [0, 0.05) is 77.2 Å². The van der Waals surface area contributed by atoms with Crippen LogP contribution in [0, 0.1) is 0 Å². The number of H-pyrrole nitrogens is 3. The number of benzene rings is 3. The first-order valence-corrected chi connectivity index (χ1v) is 21.2. The van der Waals surface area contributed by atoms with Crippen LogP contribution in [0.5, 0.6) is 0 Å². The zero-order valence-corrected chi connectivity index (χ0v) is 35.7. The highest BCUT2D eigenvalue weighted by Crippen LogP contribution is 2.22. The number of hydrogen-bond acceptors (Lipinski definition) is 8. The number of carboxylic acids is 1. The van der Waals surface area contributed by atoms with E-state index in [0.717, 1.165) is 38.3 Å². The predicted octanol–water partition coefficient (Wildman–Crippen LogP) is 0.617. The van der Waals surface area contributed by atoms with E-state index < -0.39 is 59.8 Å². The van der Waals surface area contributed by atoms with E-state index in [4.69, 9.17) is 28.7 Å². The van der Waals surface area contributed by atoms with Crippen molar-refractivity contribution in [1.29, 1.82) is 0 Å². The number of guanidine groups is 2. The van der Waals surface area contributed by atoms with Crippen molar-refractivity contribution >= 4 is 74.2 Å². The number of fused-ring (bicyclic) bond motifs is 3. The molecule has 0 spiro atoms. The quantitative estimate of drug-likeness (QED) is 0.0240. The predicted molar refractivity (Wildman–Crippen MR) is 249 cm³/mol. The zero-order chi connectivity index (χ0) is 46.5. The van der Waals surface area contributed by atoms with Crippen molar-refractivity contribution in [2.45, 2.75) is 75.2 Å². The van der Waals surface area contributed by atoms with Crippen molar-refractivity contribution in [2.75, 3.05) is 13.1 Å². The Kier molecular flexibility index (Phi) is 15.8. The number of aliphatic carboxylic acids is 1. The molecule has 0 saturated carbocycles. The van der Waals surface area contributed by atoms with Crippen LogP contribution in [0.2, 0.25) is 0 Å². The molecule has 3 heterocycles. The van der Waals surface area contributed by atoms with E-state index in [0.29, 0.717) is 11.1 Å². The molecule has 6 rings (SSSR count). The lowest BCUT2D eigenvalue weighted by atomic mass is 10.0. The van der Waals surface area contributed by atoms with Crippen LogP contribution in [-0.4, -0.2) is 105 Å². The first kappa shape index (κ1) is 46.6. The van der Waals surface area contributed by atoms with Crippen molar-refractivity contribution in [2.24, 2.45) is 38.7 Å². The van der Waals surface area contributed by atoms with Gasteiger partial charge in [-0.15, -0.1) is 0 Å². The highest BCUT2D eigenvalue weighted by atomic mass is 16.4. The summed E-state index contributed by atoms with van der Waals surface area (Å²) in [5, 5.41) is 23.7. The van der Waals surface area contributed by atoms with E-state index >= 15 is 0 Å². The molecule has 3 aromatic carbocycles. The van der Waals surface area contributed by atoms with E-state index in [1.54, 1.807) is 18.6 Å². The fourth-order valence-corrected chi connectivity index (χ4v) is 7.72. The lowest BCUT2D eigenvalue weighted by molar-refractivity contribution is -0.142. The normalized spacial score (nSPS) is 13.6. The Morgan fingerprint density at radius 2 is 0.862 bits per heavy atom. The fourth-order valence-electron chi connectivity index (χ4n) is 7.72. The molecule has 0 radical (unpaired) electrons. The summed E-state index contributed by atoms with van der Waals surface area (Å²) < 4.78 is 0. The molecule has 0 aliphatic rings. The lowest BCUT2D eigenvalue weighted by Gasteiger charge is -2.26. The molecular weight excluding hydrogens is 833 g/mol. The van der Waals surface area contributed by atoms with Gasteiger partial charge in [0.15, 0.2) is 11.9 Å². The maximum Gasteiger partial charge on any atom is 0.326 e. The van der Waals surface area contributed by atoms with E-state index in [1.165, 1.54) is 0 Å². The Labute approximate surface area is 373 Å². The highest BCUT2D eigenvalue weighted by Gasteiger charge is 2.33. The number of nitrogens with zero attached hydrogens (tertiary/aromatic N) is 2. The second-order valence-corrected chi connectivity index (χ2v) is 15.8. The molecule has 65 heavy (non-hydrogen) atoms. The van der Waals surface area contributed by atoms with E-state index in [1.807, 2.05) is 72.8 Å². The second-order valence-electron chi connectivity index (χ2n) is 15.8. The van der Waals surface area contributed by atoms with Crippen LogP contribution >= 0.6 is 0 Å². The van der Waals surface area contributed by atoms with Crippen LogP contribution in [0.3, 0.4) is 0 Å². The number of aromatic nitrogens is 3. The monoisotopic (exact) mass is 888 g/mol. The first-order chi connectivity index (χ1) is 31.3. The van der Waals surface area contributed by atoms with Gasteiger partial charge >= 0.3 is 5.97 Å². The van der Waals surface area contributed by atoms with E-state index in [9.17, 15) is 29.1 Å². The summed E-state index contributed by atoms with van der Waals surface area (Å²) >= 11 is 0. The van der Waals surface area contributed by atoms with Gasteiger partial charge in [-0.1, -0.05) is 54.6 Å². The summed E-state index contributed by atoms with van der Waals surface area (Å²) in [5.74, 6) is -4.44. The number of carboxylic acid groups (broad SMARTS) is 1. The summed E-state index contributed by atoms with van der Waals surface area (Å²) in [5.41, 5.74) is 33.2. The molecule has 342 valence electrons. The molecular formula is C45H56N14O6. The highest BCUT2D eigenvalue weighted by molar-refractivity contribution is 5.96. The summed E-state index contributed by atoms with van der Waals surface area (Å²) in [6.45, 7) is 0.260. The minimum absolute atomic E-state index is 0.000673. The van der Waals surface area contributed by atoms with Gasteiger partial charge in [-0.3, -0.25) is 29.2 Å². The van der Waals surface area contributed by atoms with Gasteiger partial charge in [-0.2, -0.15) is 0 Å². The minimum Gasteiger partial charge on any atom is -0.480 e. The number of carbonyl (C=O) groups is 5. The summed E-state index contributed by atoms with van der Waals surface area (Å²) in [6.07, 6.45) is 5.82. The molecule has 0 fully saturated rings. The number of nitrogens with two attached hydrogens (primary N) is 5. The second kappa shape index (κ2) is 22.0. The van der Waals surface area contributed by atoms with Crippen LogP contribution < -0.4 is 49.9 Å². The van der Waals surface area contributed by atoms with Crippen LogP contribution in [-0.2, 0) is 43.2 Å². The van der Waals surface area contributed by atoms with Crippen LogP contribution in [0.25, 0.3) is 32.7 Å². The number of hydrogen-bond donors (Lipinski definition) is 13. The number of nitrogens with one attached hydrogen (secondary N) is 7. The van der Waals surface area contributed by atoms with Crippen molar-refractivity contribution < 1.29 is 29.1 Å². The summed E-state index contributed by atoms with van der Waals surface area (Å²) in [7, 11) is 0. The number of rotatable bonds is 23. The Hall–Kier alpha value is -7.87. The average Bonchev–Trinajstić information content (AvgIpc) is 4.02. The molecule has 0 bridgehead atoms. The maximum atomic E-state index is 14.5. The van der Waals surface area contributed by atoms with E-state index in [2.05, 4.69) is 46.2 Å². The van der Waals surface area contributed by atoms with Crippen LogP contribution in [0.1, 0.15) is 42.4 Å². The molecule has 18 N–H and O–H groups in total. The largest absolute Gasteiger partial charge is 0.480 e. The molecule has 0 aliphatic carbocycles. The summed E-state index contributed by atoms with van der Waals surface area (Å²) in [6, 6.07) is 16.2. The molecule has 20 heteroatoms. The Morgan fingerprint density at radius 3 is 1.29 bits per heavy atom. The van der Waals surface area contributed by atoms with Crippen LogP contribution in [0.15, 0.2) is 101 Å². The third-order valence-electron chi connectivity index (χ3n) is 11.1. The third-order valence-corrected chi connectivity index (χ3v) is 11.1. The van der Waals surface area contributed by atoms with Crippen molar-refractivity contribution in [3.8, 4) is 0 Å². The third kappa shape index (κ3) is 12.6. The van der Waals surface area contributed by atoms with Gasteiger partial charge in [0.05, 0.1) is 6.04 Å². The fraction of sp³-hybridized carbons (Fsp3) is 0.311. The Balaban J connectivity index is 1.24. The summed E-state index contributed by atoms with van der Waals surface area (Å²) in [4.78, 5) is 86.7. The molecule has 5 atom stereocenters. The molecule has 6 aromatic rings. The zero-order valence-electron chi connectivity index (χ0n) is 35.7. The Morgan fingerprint density at radius 1 is 0.508 bits per heavy atom. The lowest BCUT2D eigenvalue weighted by Crippen LogP contribution is -2.59. The van der Waals surface area contributed by atoms with E-state index in [-0.39, 0.29) is 70.0 Å². The molecule has 3 aromatic heterocycles. The van der Waals surface area contributed by atoms with Crippen LogP contribution in [0.4, 0.5) is 0 Å². The molecule has 20 nitrogen and oxygen atoms in total. The molecule has 0 saturated heterocycles. The molecule has 0 aliphatic heterocycles. The standard InChI is InChI=1S/C45H56N14O6/c46-31(19-25-22-53-32-12-4-1-9-28(25)32)39(60)56-35(15-7-17-51-44(47)48)40(61)58-37(20-26-23-54-33-13-5-2-10-29(26)33)42(63)57-36(16-8-18-52-45(49)50)41(62)59-38(43(64)65)21-27-24-55-34-14-6-3-11-30(27)34/h1-6,9-14,22-24,31,35-38,53-55H,7-8,15-21,46H2,(H,56,60)(H,57,63)(H,58,61)(H,59,62)(H,64,65)(H4,47,48,51)(H4,49,50,52)/t31-,35-,36-,37-,38-/m0/s1. The number of amides is 4. The Bertz CT molecular complexity index is 2680. The average molecular weight is 889 g/mol. The SMILES string of the molecule is NC(N)=NCCC[C@H](NC(=O)[C@H](Cc1c[nH]c2ccccc12)NC(=O)[C@H](CCCN=C(N)N)NC(=O)[C@@H](N)Cc1c[nH]c2ccccc12)C(=O)N[C@@H](Cc1c[nH]c2ccccc12)C(=O)O. The number of carbonyl (C=O) groups excluding carboxylic acids is 4. The van der Waals surface area contributed by atoms with Crippen molar-refractivity contribution in [3.05, 3.63) is 108 Å². The van der Waals surface area contributed by atoms with Gasteiger partial charge in [0.2, 0.25) is 23.6 Å². The number of para-hydroxylation sites is 3. The van der Waals surface area contributed by atoms with Crippen molar-refractivity contribution in [1.82, 2.24) is 36.2 Å². The number of aromatic amines is 3. The van der Waals surface area contributed by atoms with Gasteiger partial charge in [0.25, 0.3) is 0 Å². The first-order valence-electron chi connectivity index (χ1n) is 21.2. The number of aliphatic imine (C=N–C) groups is 2.